The molecule has 35 heavy (non-hydrogen) atoms. The molecule has 10 heteroatoms. The van der Waals surface area contributed by atoms with Crippen LogP contribution in [0.2, 0.25) is 0 Å². The molecule has 0 spiro atoms. The standard InChI is InChI=1S/C25H25N3O7/c29-23(30)9-11-33-12-10-26-24(31)21-15-35-28-22(21)13-27-25(32)34-14-20-18-7-3-1-5-16(18)17-6-2-4-8-19(17)20/h1-8,15,20H,9-14H2,(H,26,31)(H,27,32)(H,29,30). The fourth-order valence-corrected chi connectivity index (χ4v) is 3.97. The molecule has 0 aliphatic heterocycles. The van der Waals surface area contributed by atoms with Gasteiger partial charge in [0, 0.05) is 12.5 Å². The molecule has 0 bridgehead atoms. The lowest BCUT2D eigenvalue weighted by Crippen LogP contribution is -2.30. The summed E-state index contributed by atoms with van der Waals surface area (Å²) in [6.07, 6.45) is 0.453. The Kier molecular flexibility index (Phi) is 7.74. The molecule has 0 radical (unpaired) electrons. The summed E-state index contributed by atoms with van der Waals surface area (Å²) >= 11 is 0. The van der Waals surface area contributed by atoms with Crippen LogP contribution in [0.15, 0.2) is 59.3 Å². The van der Waals surface area contributed by atoms with Gasteiger partial charge in [-0.05, 0) is 22.3 Å². The topological polar surface area (TPSA) is 140 Å². The molecule has 3 N–H and O–H groups in total. The maximum absolute atomic E-state index is 12.4. The van der Waals surface area contributed by atoms with E-state index in [1.54, 1.807) is 0 Å². The third kappa shape index (κ3) is 5.85. The first kappa shape index (κ1) is 24.0. The highest BCUT2D eigenvalue weighted by Gasteiger charge is 2.29. The number of aliphatic carboxylic acids is 1. The van der Waals surface area contributed by atoms with Crippen LogP contribution in [-0.2, 0) is 20.8 Å². The first-order valence-corrected chi connectivity index (χ1v) is 11.1. The van der Waals surface area contributed by atoms with Crippen molar-refractivity contribution in [1.29, 1.82) is 0 Å². The second-order valence-electron chi connectivity index (χ2n) is 7.87. The molecule has 1 heterocycles. The lowest BCUT2D eigenvalue weighted by Gasteiger charge is -2.14. The van der Waals surface area contributed by atoms with Crippen molar-refractivity contribution in [1.82, 2.24) is 15.8 Å². The Morgan fingerprint density at radius 1 is 0.971 bits per heavy atom. The van der Waals surface area contributed by atoms with E-state index in [0.29, 0.717) is 0 Å². The Morgan fingerprint density at radius 2 is 1.66 bits per heavy atom. The molecule has 2 amide bonds. The molecular formula is C25H25N3O7. The molecule has 0 unspecified atom stereocenters. The molecule has 10 nitrogen and oxygen atoms in total. The Bertz CT molecular complexity index is 1160. The predicted octanol–water partition coefficient (Wildman–Crippen LogP) is 2.93. The average Bonchev–Trinajstić information content (AvgIpc) is 3.46. The average molecular weight is 479 g/mol. The van der Waals surface area contributed by atoms with Crippen molar-refractivity contribution in [2.24, 2.45) is 0 Å². The molecule has 182 valence electrons. The summed E-state index contributed by atoms with van der Waals surface area (Å²) in [5, 5.41) is 17.6. The number of carboxylic acids is 1. The Hall–Kier alpha value is -4.18. The van der Waals surface area contributed by atoms with Gasteiger partial charge in [-0.25, -0.2) is 4.79 Å². The van der Waals surface area contributed by atoms with Crippen molar-refractivity contribution < 1.29 is 33.5 Å². The summed E-state index contributed by atoms with van der Waals surface area (Å²) < 4.78 is 15.5. The predicted molar refractivity (Wildman–Crippen MR) is 124 cm³/mol. The lowest BCUT2D eigenvalue weighted by molar-refractivity contribution is -0.138. The van der Waals surface area contributed by atoms with Crippen molar-refractivity contribution >= 4 is 18.0 Å². The highest BCUT2D eigenvalue weighted by Crippen LogP contribution is 2.44. The Labute approximate surface area is 201 Å². The first-order chi connectivity index (χ1) is 17.0. The smallest absolute Gasteiger partial charge is 0.407 e. The number of carboxylic acid groups (broad SMARTS) is 1. The van der Waals surface area contributed by atoms with Crippen LogP contribution in [0.1, 0.15) is 39.5 Å². The van der Waals surface area contributed by atoms with Gasteiger partial charge in [0.15, 0.2) is 0 Å². The van der Waals surface area contributed by atoms with Gasteiger partial charge in [0.25, 0.3) is 5.91 Å². The number of alkyl carbamates (subject to hydrolysis) is 1. The fraction of sp³-hybridized carbons (Fsp3) is 0.280. The summed E-state index contributed by atoms with van der Waals surface area (Å²) in [5.41, 5.74) is 4.94. The summed E-state index contributed by atoms with van der Waals surface area (Å²) in [6.45, 7) is 0.535. The molecule has 1 aliphatic rings. The van der Waals surface area contributed by atoms with Crippen LogP contribution in [-0.4, -0.2) is 54.6 Å². The van der Waals surface area contributed by atoms with Crippen molar-refractivity contribution in [2.45, 2.75) is 18.9 Å². The molecule has 1 aliphatic carbocycles. The number of nitrogens with zero attached hydrogens (tertiary/aromatic N) is 1. The van der Waals surface area contributed by atoms with Crippen LogP contribution in [0, 0.1) is 0 Å². The first-order valence-electron chi connectivity index (χ1n) is 11.1. The monoisotopic (exact) mass is 479 g/mol. The second kappa shape index (κ2) is 11.3. The number of aromatic nitrogens is 1. The van der Waals surface area contributed by atoms with Crippen molar-refractivity contribution in [3.63, 3.8) is 0 Å². The summed E-state index contributed by atoms with van der Waals surface area (Å²) in [5.74, 6) is -1.45. The number of benzene rings is 2. The lowest BCUT2D eigenvalue weighted by atomic mass is 9.98. The molecule has 4 rings (SSSR count). The van der Waals surface area contributed by atoms with Gasteiger partial charge in [-0.3, -0.25) is 9.59 Å². The molecular weight excluding hydrogens is 454 g/mol. The van der Waals surface area contributed by atoms with Crippen LogP contribution in [0.4, 0.5) is 4.79 Å². The minimum atomic E-state index is -0.952. The Morgan fingerprint density at radius 3 is 2.34 bits per heavy atom. The number of fused-ring (bicyclic) bond motifs is 3. The number of nitrogens with one attached hydrogen (secondary N) is 2. The van der Waals surface area contributed by atoms with E-state index < -0.39 is 18.0 Å². The van der Waals surface area contributed by atoms with Crippen LogP contribution in [0.25, 0.3) is 11.1 Å². The number of rotatable bonds is 11. The van der Waals surface area contributed by atoms with Gasteiger partial charge in [0.1, 0.15) is 24.1 Å². The zero-order chi connectivity index (χ0) is 24.6. The molecule has 2 aromatic carbocycles. The highest BCUT2D eigenvalue weighted by atomic mass is 16.5. The summed E-state index contributed by atoms with van der Waals surface area (Å²) in [6, 6.07) is 16.1. The largest absolute Gasteiger partial charge is 0.481 e. The summed E-state index contributed by atoms with van der Waals surface area (Å²) in [7, 11) is 0. The van der Waals surface area contributed by atoms with Gasteiger partial charge in [-0.15, -0.1) is 0 Å². The molecule has 0 atom stereocenters. The van der Waals surface area contributed by atoms with Gasteiger partial charge in [-0.2, -0.15) is 0 Å². The van der Waals surface area contributed by atoms with Gasteiger partial charge in [0.05, 0.1) is 26.2 Å². The van der Waals surface area contributed by atoms with Crippen molar-refractivity contribution in [2.75, 3.05) is 26.4 Å². The van der Waals surface area contributed by atoms with E-state index in [2.05, 4.69) is 27.9 Å². The van der Waals surface area contributed by atoms with E-state index >= 15 is 0 Å². The third-order valence-corrected chi connectivity index (χ3v) is 5.63. The van der Waals surface area contributed by atoms with Gasteiger partial charge in [-0.1, -0.05) is 53.7 Å². The molecule has 1 aromatic heterocycles. The number of carbonyl (C=O) groups excluding carboxylic acids is 2. The van der Waals surface area contributed by atoms with E-state index in [0.717, 1.165) is 22.3 Å². The second-order valence-corrected chi connectivity index (χ2v) is 7.87. The van der Waals surface area contributed by atoms with Gasteiger partial charge >= 0.3 is 12.1 Å². The SMILES string of the molecule is O=C(O)CCOCCNC(=O)c1conc1CNC(=O)OCC1c2ccccc2-c2ccccc21. The number of ether oxygens (including phenoxy) is 2. The molecule has 3 aromatic rings. The molecule has 0 fully saturated rings. The normalized spacial score (nSPS) is 12.0. The zero-order valence-corrected chi connectivity index (χ0v) is 18.9. The van der Waals surface area contributed by atoms with E-state index in [4.69, 9.17) is 19.1 Å². The quantitative estimate of drug-likeness (QED) is 0.357. The maximum atomic E-state index is 12.4. The molecule has 0 saturated heterocycles. The highest BCUT2D eigenvalue weighted by molar-refractivity contribution is 5.94. The van der Waals surface area contributed by atoms with Crippen molar-refractivity contribution in [3.8, 4) is 11.1 Å². The fourth-order valence-electron chi connectivity index (χ4n) is 3.97. The third-order valence-electron chi connectivity index (χ3n) is 5.63. The number of carbonyl (C=O) groups is 3. The number of amides is 2. The van der Waals surface area contributed by atoms with E-state index in [9.17, 15) is 14.4 Å². The van der Waals surface area contributed by atoms with Crippen LogP contribution in [0.3, 0.4) is 0 Å². The van der Waals surface area contributed by atoms with Crippen molar-refractivity contribution in [3.05, 3.63) is 77.2 Å². The van der Waals surface area contributed by atoms with Gasteiger partial charge in [0.2, 0.25) is 0 Å². The maximum Gasteiger partial charge on any atom is 0.407 e. The van der Waals surface area contributed by atoms with Crippen LogP contribution < -0.4 is 10.6 Å². The summed E-state index contributed by atoms with van der Waals surface area (Å²) in [4.78, 5) is 35.2. The molecule has 0 saturated carbocycles. The van der Waals surface area contributed by atoms with E-state index in [-0.39, 0.29) is 56.5 Å². The Balaban J connectivity index is 1.25. The van der Waals surface area contributed by atoms with Gasteiger partial charge < -0.3 is 29.7 Å². The van der Waals surface area contributed by atoms with E-state index in [1.807, 2.05) is 36.4 Å². The van der Waals surface area contributed by atoms with E-state index in [1.165, 1.54) is 6.26 Å². The number of hydrogen-bond donors (Lipinski definition) is 3. The number of hydrogen-bond acceptors (Lipinski definition) is 7. The van der Waals surface area contributed by atoms with Crippen LogP contribution >= 0.6 is 0 Å². The van der Waals surface area contributed by atoms with Crippen LogP contribution in [0.5, 0.6) is 0 Å². The minimum absolute atomic E-state index is 0.0506. The minimum Gasteiger partial charge on any atom is -0.481 e. The zero-order valence-electron chi connectivity index (χ0n) is 18.9.